The molecule has 19 heavy (non-hydrogen) atoms. The molecule has 1 aliphatic heterocycles. The molecular formula is C13H14BrN3OS. The second-order valence-electron chi connectivity index (χ2n) is 4.50. The minimum atomic E-state index is 0.234. The minimum absolute atomic E-state index is 0.234. The molecular weight excluding hydrogens is 326 g/mol. The molecule has 0 spiro atoms. The lowest BCUT2D eigenvalue weighted by Gasteiger charge is -2.17. The number of aryl methyl sites for hydroxylation is 1. The summed E-state index contributed by atoms with van der Waals surface area (Å²) < 4.78 is 6.84. The SMILES string of the molecule is Cc1nnc(NC2CCCOc3cc(Br)ccc32)s1. The monoisotopic (exact) mass is 339 g/mol. The summed E-state index contributed by atoms with van der Waals surface area (Å²) in [5.74, 6) is 0.950. The van der Waals surface area contributed by atoms with Crippen LogP contribution in [-0.2, 0) is 0 Å². The van der Waals surface area contributed by atoms with Gasteiger partial charge in [0.1, 0.15) is 10.8 Å². The first-order chi connectivity index (χ1) is 9.22. The maximum atomic E-state index is 5.80. The normalized spacial score (nSPS) is 18.3. The third-order valence-corrected chi connectivity index (χ3v) is 4.33. The molecule has 6 heteroatoms. The lowest BCUT2D eigenvalue weighted by atomic mass is 10.0. The van der Waals surface area contributed by atoms with E-state index in [1.807, 2.05) is 19.1 Å². The fourth-order valence-corrected chi connectivity index (χ4v) is 3.18. The number of hydrogen-bond acceptors (Lipinski definition) is 5. The first-order valence-corrected chi connectivity index (χ1v) is 7.82. The fraction of sp³-hybridized carbons (Fsp3) is 0.385. The number of anilines is 1. The molecule has 1 aromatic carbocycles. The molecule has 0 aliphatic carbocycles. The number of aromatic nitrogens is 2. The molecule has 1 aliphatic rings. The molecule has 0 radical (unpaired) electrons. The maximum absolute atomic E-state index is 5.80. The lowest BCUT2D eigenvalue weighted by Crippen LogP contribution is -2.10. The Balaban J connectivity index is 1.89. The molecule has 1 unspecified atom stereocenters. The minimum Gasteiger partial charge on any atom is -0.493 e. The van der Waals surface area contributed by atoms with Gasteiger partial charge in [0.2, 0.25) is 5.13 Å². The van der Waals surface area contributed by atoms with Crippen LogP contribution in [-0.4, -0.2) is 16.8 Å². The van der Waals surface area contributed by atoms with Crippen molar-refractivity contribution in [3.05, 3.63) is 33.2 Å². The molecule has 1 aromatic heterocycles. The Bertz CT molecular complexity index is 587. The van der Waals surface area contributed by atoms with Crippen molar-refractivity contribution in [1.29, 1.82) is 0 Å². The number of benzene rings is 1. The van der Waals surface area contributed by atoms with Gasteiger partial charge in [-0.3, -0.25) is 0 Å². The first kappa shape index (κ1) is 12.9. The molecule has 0 saturated heterocycles. The van der Waals surface area contributed by atoms with Crippen LogP contribution in [0.25, 0.3) is 0 Å². The van der Waals surface area contributed by atoms with Crippen LogP contribution in [0, 0.1) is 6.92 Å². The van der Waals surface area contributed by atoms with Gasteiger partial charge in [-0.2, -0.15) is 0 Å². The number of fused-ring (bicyclic) bond motifs is 1. The largest absolute Gasteiger partial charge is 0.493 e. The average molecular weight is 340 g/mol. The van der Waals surface area contributed by atoms with E-state index in [0.29, 0.717) is 0 Å². The highest BCUT2D eigenvalue weighted by atomic mass is 79.9. The van der Waals surface area contributed by atoms with Crippen LogP contribution in [0.5, 0.6) is 5.75 Å². The van der Waals surface area contributed by atoms with E-state index in [2.05, 4.69) is 37.5 Å². The molecule has 2 heterocycles. The molecule has 4 nitrogen and oxygen atoms in total. The van der Waals surface area contributed by atoms with Crippen LogP contribution in [0.1, 0.15) is 29.5 Å². The molecule has 2 aromatic rings. The van der Waals surface area contributed by atoms with Crippen molar-refractivity contribution in [2.24, 2.45) is 0 Å². The van der Waals surface area contributed by atoms with Gasteiger partial charge < -0.3 is 10.1 Å². The zero-order valence-electron chi connectivity index (χ0n) is 10.5. The summed E-state index contributed by atoms with van der Waals surface area (Å²) in [7, 11) is 0. The quantitative estimate of drug-likeness (QED) is 0.900. The summed E-state index contributed by atoms with van der Waals surface area (Å²) in [5.41, 5.74) is 1.19. The van der Waals surface area contributed by atoms with Gasteiger partial charge in [-0.1, -0.05) is 33.3 Å². The van der Waals surface area contributed by atoms with Crippen molar-refractivity contribution in [2.45, 2.75) is 25.8 Å². The molecule has 1 atom stereocenters. The van der Waals surface area contributed by atoms with Crippen LogP contribution in [0.4, 0.5) is 5.13 Å². The number of nitrogens with zero attached hydrogens (tertiary/aromatic N) is 2. The van der Waals surface area contributed by atoms with Crippen LogP contribution in [0.15, 0.2) is 22.7 Å². The van der Waals surface area contributed by atoms with Crippen molar-refractivity contribution < 1.29 is 4.74 Å². The average Bonchev–Trinajstić information content (AvgIpc) is 2.68. The summed E-state index contributed by atoms with van der Waals surface area (Å²) in [4.78, 5) is 0. The van der Waals surface area contributed by atoms with Crippen LogP contribution in [0.3, 0.4) is 0 Å². The van der Waals surface area contributed by atoms with Crippen molar-refractivity contribution in [1.82, 2.24) is 10.2 Å². The van der Waals surface area contributed by atoms with E-state index in [1.54, 1.807) is 11.3 Å². The van der Waals surface area contributed by atoms with E-state index < -0.39 is 0 Å². The van der Waals surface area contributed by atoms with Crippen LogP contribution in [0.2, 0.25) is 0 Å². The van der Waals surface area contributed by atoms with E-state index in [9.17, 15) is 0 Å². The van der Waals surface area contributed by atoms with Crippen molar-refractivity contribution >= 4 is 32.4 Å². The van der Waals surface area contributed by atoms with E-state index in [1.165, 1.54) is 5.56 Å². The summed E-state index contributed by atoms with van der Waals surface area (Å²) in [6.07, 6.45) is 2.06. The summed E-state index contributed by atoms with van der Waals surface area (Å²) in [6.45, 7) is 2.72. The van der Waals surface area contributed by atoms with Crippen molar-refractivity contribution in [3.8, 4) is 5.75 Å². The predicted octanol–water partition coefficient (Wildman–Crippen LogP) is 3.93. The molecule has 3 rings (SSSR count). The lowest BCUT2D eigenvalue weighted by molar-refractivity contribution is 0.316. The van der Waals surface area contributed by atoms with E-state index >= 15 is 0 Å². The number of halogens is 1. The summed E-state index contributed by atoms with van der Waals surface area (Å²) >= 11 is 5.07. The number of ether oxygens (including phenoxy) is 1. The van der Waals surface area contributed by atoms with E-state index in [-0.39, 0.29) is 6.04 Å². The smallest absolute Gasteiger partial charge is 0.206 e. The number of nitrogens with one attached hydrogen (secondary N) is 1. The van der Waals surface area contributed by atoms with Gasteiger partial charge >= 0.3 is 0 Å². The standard InChI is InChI=1S/C13H14BrN3OS/c1-8-16-17-13(19-8)15-11-3-2-6-18-12-7-9(14)4-5-10(11)12/h4-5,7,11H,2-3,6H2,1H3,(H,15,17). The highest BCUT2D eigenvalue weighted by molar-refractivity contribution is 9.10. The van der Waals surface area contributed by atoms with Gasteiger partial charge in [0.15, 0.2) is 0 Å². The Morgan fingerprint density at radius 3 is 3.11 bits per heavy atom. The zero-order chi connectivity index (χ0) is 13.2. The Hall–Kier alpha value is -1.14. The summed E-state index contributed by atoms with van der Waals surface area (Å²) in [6, 6.07) is 6.42. The van der Waals surface area contributed by atoms with Gasteiger partial charge in [0.05, 0.1) is 12.6 Å². The highest BCUT2D eigenvalue weighted by Crippen LogP contribution is 2.36. The molecule has 1 N–H and O–H groups in total. The molecule has 0 amide bonds. The first-order valence-electron chi connectivity index (χ1n) is 6.21. The fourth-order valence-electron chi connectivity index (χ4n) is 2.20. The Kier molecular flexibility index (Phi) is 3.70. The van der Waals surface area contributed by atoms with Gasteiger partial charge in [-0.25, -0.2) is 0 Å². The highest BCUT2D eigenvalue weighted by Gasteiger charge is 2.20. The maximum Gasteiger partial charge on any atom is 0.206 e. The summed E-state index contributed by atoms with van der Waals surface area (Å²) in [5, 5.41) is 13.5. The van der Waals surface area contributed by atoms with E-state index in [0.717, 1.165) is 39.8 Å². The van der Waals surface area contributed by atoms with Gasteiger partial charge in [0.25, 0.3) is 0 Å². The second-order valence-corrected chi connectivity index (χ2v) is 6.59. The Morgan fingerprint density at radius 2 is 2.32 bits per heavy atom. The van der Waals surface area contributed by atoms with Gasteiger partial charge in [-0.15, -0.1) is 10.2 Å². The van der Waals surface area contributed by atoms with Gasteiger partial charge in [0, 0.05) is 10.0 Å². The van der Waals surface area contributed by atoms with Crippen LogP contribution < -0.4 is 10.1 Å². The molecule has 0 fully saturated rings. The van der Waals surface area contributed by atoms with Crippen molar-refractivity contribution in [2.75, 3.05) is 11.9 Å². The van der Waals surface area contributed by atoms with Crippen LogP contribution >= 0.6 is 27.3 Å². The predicted molar refractivity (Wildman–Crippen MR) is 79.9 cm³/mol. The molecule has 0 bridgehead atoms. The van der Waals surface area contributed by atoms with Gasteiger partial charge in [-0.05, 0) is 31.9 Å². The number of hydrogen-bond donors (Lipinski definition) is 1. The second kappa shape index (κ2) is 5.46. The third-order valence-electron chi connectivity index (χ3n) is 3.07. The zero-order valence-corrected chi connectivity index (χ0v) is 12.9. The topological polar surface area (TPSA) is 47.0 Å². The molecule has 0 saturated carbocycles. The Labute approximate surface area is 124 Å². The van der Waals surface area contributed by atoms with Crippen molar-refractivity contribution in [3.63, 3.8) is 0 Å². The Morgan fingerprint density at radius 1 is 1.42 bits per heavy atom. The molecule has 100 valence electrons. The third kappa shape index (κ3) is 2.90. The van der Waals surface area contributed by atoms with E-state index in [4.69, 9.17) is 4.74 Å². The number of rotatable bonds is 2.